The fourth-order valence-electron chi connectivity index (χ4n) is 2.96. The predicted molar refractivity (Wildman–Crippen MR) is 109 cm³/mol. The molecule has 0 aliphatic carbocycles. The summed E-state index contributed by atoms with van der Waals surface area (Å²) in [5, 5.41) is 4.06. The van der Waals surface area contributed by atoms with Crippen molar-refractivity contribution in [1.29, 1.82) is 0 Å². The third kappa shape index (κ3) is 6.34. The highest BCUT2D eigenvalue weighted by Crippen LogP contribution is 2.25. The van der Waals surface area contributed by atoms with Crippen LogP contribution in [0.2, 0.25) is 5.02 Å². The van der Waals surface area contributed by atoms with E-state index in [9.17, 15) is 8.42 Å². The van der Waals surface area contributed by atoms with E-state index < -0.39 is 10.0 Å². The molecule has 1 aliphatic rings. The summed E-state index contributed by atoms with van der Waals surface area (Å²) in [4.78, 5) is 8.91. The minimum atomic E-state index is -3.12. The number of hydrogen-bond donors (Lipinski definition) is 2. The summed E-state index contributed by atoms with van der Waals surface area (Å²) in [5.74, 6) is 0.854. The van der Waals surface area contributed by atoms with Gasteiger partial charge in [0.25, 0.3) is 0 Å². The lowest BCUT2D eigenvalue weighted by molar-refractivity contribution is 0.372. The van der Waals surface area contributed by atoms with Gasteiger partial charge in [0, 0.05) is 57.0 Å². The number of sulfonamides is 1. The largest absolute Gasteiger partial charge is 0.368 e. The molecular weight excluding hydrogens is 374 g/mol. The van der Waals surface area contributed by atoms with Crippen LogP contribution in [-0.4, -0.2) is 71.8 Å². The van der Waals surface area contributed by atoms with Gasteiger partial charge < -0.3 is 15.1 Å². The number of nitrogens with one attached hydrogen (secondary N) is 2. The maximum Gasteiger partial charge on any atom is 0.208 e. The lowest BCUT2D eigenvalue weighted by Crippen LogP contribution is -2.53. The minimum absolute atomic E-state index is 0.421. The highest BCUT2D eigenvalue weighted by molar-refractivity contribution is 7.88. The summed E-state index contributed by atoms with van der Waals surface area (Å²) in [6.45, 7) is 6.73. The fourth-order valence-corrected chi connectivity index (χ4v) is 3.64. The van der Waals surface area contributed by atoms with E-state index in [1.807, 2.05) is 12.1 Å². The standard InChI is InChI=1S/C17H28ClN5O2S/c1-14-5-6-15(18)13-16(14)22-9-11-23(12-10-22)17(19-2)20-7-4-8-21-26(3,24)25/h5-6,13,21H,4,7-12H2,1-3H3,(H,19,20). The highest BCUT2D eigenvalue weighted by Gasteiger charge is 2.20. The van der Waals surface area contributed by atoms with Crippen molar-refractivity contribution in [2.75, 3.05) is 57.5 Å². The second-order valence-electron chi connectivity index (χ2n) is 6.40. The molecule has 7 nitrogen and oxygen atoms in total. The molecule has 1 aromatic rings. The SMILES string of the molecule is CN=C(NCCCNS(C)(=O)=O)N1CCN(c2cc(Cl)ccc2C)CC1. The Morgan fingerprint density at radius 1 is 1.23 bits per heavy atom. The number of hydrogen-bond acceptors (Lipinski definition) is 4. The van der Waals surface area contributed by atoms with Crippen molar-refractivity contribution in [2.24, 2.45) is 4.99 Å². The Morgan fingerprint density at radius 2 is 1.92 bits per heavy atom. The summed E-state index contributed by atoms with van der Waals surface area (Å²) in [5.41, 5.74) is 2.41. The van der Waals surface area contributed by atoms with Crippen LogP contribution in [0.3, 0.4) is 0 Å². The first-order chi connectivity index (χ1) is 12.3. The second kappa shape index (κ2) is 9.43. The Balaban J connectivity index is 1.81. The Bertz CT molecular complexity index is 731. The number of guanidine groups is 1. The molecule has 0 atom stereocenters. The van der Waals surface area contributed by atoms with Crippen LogP contribution < -0.4 is 14.9 Å². The van der Waals surface area contributed by atoms with Crippen molar-refractivity contribution in [2.45, 2.75) is 13.3 Å². The van der Waals surface area contributed by atoms with Crippen LogP contribution in [0.15, 0.2) is 23.2 Å². The average Bonchev–Trinajstić information content (AvgIpc) is 2.59. The first kappa shape index (κ1) is 20.8. The molecule has 0 saturated carbocycles. The van der Waals surface area contributed by atoms with Gasteiger partial charge in [-0.3, -0.25) is 4.99 Å². The third-order valence-electron chi connectivity index (χ3n) is 4.30. The van der Waals surface area contributed by atoms with Crippen LogP contribution in [0.4, 0.5) is 5.69 Å². The van der Waals surface area contributed by atoms with Gasteiger partial charge in [-0.2, -0.15) is 0 Å². The van der Waals surface area contributed by atoms with E-state index in [1.54, 1.807) is 7.05 Å². The van der Waals surface area contributed by atoms with Gasteiger partial charge in [-0.25, -0.2) is 13.1 Å². The van der Waals surface area contributed by atoms with Gasteiger partial charge in [0.05, 0.1) is 6.26 Å². The molecule has 1 saturated heterocycles. The molecule has 146 valence electrons. The molecule has 0 bridgehead atoms. The van der Waals surface area contributed by atoms with Crippen molar-refractivity contribution in [3.8, 4) is 0 Å². The predicted octanol–water partition coefficient (Wildman–Crippen LogP) is 1.29. The summed E-state index contributed by atoms with van der Waals surface area (Å²) in [7, 11) is -1.35. The van der Waals surface area contributed by atoms with E-state index in [1.165, 1.54) is 17.5 Å². The monoisotopic (exact) mass is 401 g/mol. The summed E-state index contributed by atoms with van der Waals surface area (Å²) in [6, 6.07) is 5.99. The molecule has 2 rings (SSSR count). The van der Waals surface area contributed by atoms with Gasteiger partial charge in [-0.1, -0.05) is 17.7 Å². The van der Waals surface area contributed by atoms with E-state index >= 15 is 0 Å². The second-order valence-corrected chi connectivity index (χ2v) is 8.67. The number of nitrogens with zero attached hydrogens (tertiary/aromatic N) is 3. The maximum atomic E-state index is 11.0. The van der Waals surface area contributed by atoms with E-state index in [-0.39, 0.29) is 0 Å². The molecule has 0 spiro atoms. The number of piperazine rings is 1. The fraction of sp³-hybridized carbons (Fsp3) is 0.588. The van der Waals surface area contributed by atoms with Crippen molar-refractivity contribution in [3.63, 3.8) is 0 Å². The molecule has 26 heavy (non-hydrogen) atoms. The Labute approximate surface area is 161 Å². The molecule has 9 heteroatoms. The smallest absolute Gasteiger partial charge is 0.208 e. The molecule has 0 unspecified atom stereocenters. The normalized spacial score (nSPS) is 16.1. The zero-order valence-electron chi connectivity index (χ0n) is 15.6. The van der Waals surface area contributed by atoms with Crippen molar-refractivity contribution >= 4 is 33.3 Å². The Hall–Kier alpha value is -1.51. The average molecular weight is 402 g/mol. The Morgan fingerprint density at radius 3 is 2.54 bits per heavy atom. The summed E-state index contributed by atoms with van der Waals surface area (Å²) < 4.78 is 24.6. The van der Waals surface area contributed by atoms with Gasteiger partial charge in [0.2, 0.25) is 10.0 Å². The molecule has 0 amide bonds. The van der Waals surface area contributed by atoms with E-state index in [4.69, 9.17) is 11.6 Å². The minimum Gasteiger partial charge on any atom is -0.368 e. The lowest BCUT2D eigenvalue weighted by Gasteiger charge is -2.38. The lowest BCUT2D eigenvalue weighted by atomic mass is 10.1. The number of halogens is 1. The van der Waals surface area contributed by atoms with Gasteiger partial charge >= 0.3 is 0 Å². The third-order valence-corrected chi connectivity index (χ3v) is 5.27. The van der Waals surface area contributed by atoms with Crippen LogP contribution in [-0.2, 0) is 10.0 Å². The number of benzene rings is 1. The zero-order chi connectivity index (χ0) is 19.2. The van der Waals surface area contributed by atoms with Crippen LogP contribution in [0, 0.1) is 6.92 Å². The van der Waals surface area contributed by atoms with Gasteiger partial charge in [0.15, 0.2) is 5.96 Å². The van der Waals surface area contributed by atoms with Crippen LogP contribution in [0.5, 0.6) is 0 Å². The molecule has 1 aliphatic heterocycles. The first-order valence-electron chi connectivity index (χ1n) is 8.71. The topological polar surface area (TPSA) is 77.0 Å². The van der Waals surface area contributed by atoms with E-state index in [2.05, 4.69) is 37.8 Å². The van der Waals surface area contributed by atoms with Crippen LogP contribution >= 0.6 is 11.6 Å². The molecule has 2 N–H and O–H groups in total. The van der Waals surface area contributed by atoms with Gasteiger partial charge in [-0.05, 0) is 31.0 Å². The van der Waals surface area contributed by atoms with Crippen molar-refractivity contribution in [1.82, 2.24) is 14.9 Å². The van der Waals surface area contributed by atoms with E-state index in [0.29, 0.717) is 19.5 Å². The number of aliphatic imine (C=N–C) groups is 1. The van der Waals surface area contributed by atoms with Crippen LogP contribution in [0.25, 0.3) is 0 Å². The maximum absolute atomic E-state index is 11.0. The number of rotatable bonds is 6. The van der Waals surface area contributed by atoms with Gasteiger partial charge in [-0.15, -0.1) is 0 Å². The molecule has 1 heterocycles. The first-order valence-corrected chi connectivity index (χ1v) is 11.0. The van der Waals surface area contributed by atoms with Crippen molar-refractivity contribution < 1.29 is 8.42 Å². The molecular formula is C17H28ClN5O2S. The summed E-state index contributed by atoms with van der Waals surface area (Å²) in [6.07, 6.45) is 1.87. The quantitative estimate of drug-likeness (QED) is 0.426. The number of aryl methyl sites for hydroxylation is 1. The van der Waals surface area contributed by atoms with Crippen molar-refractivity contribution in [3.05, 3.63) is 28.8 Å². The number of anilines is 1. The zero-order valence-corrected chi connectivity index (χ0v) is 17.2. The highest BCUT2D eigenvalue weighted by atomic mass is 35.5. The molecule has 0 aromatic heterocycles. The molecule has 1 aromatic carbocycles. The molecule has 0 radical (unpaired) electrons. The summed E-state index contributed by atoms with van der Waals surface area (Å²) >= 11 is 6.14. The van der Waals surface area contributed by atoms with E-state index in [0.717, 1.165) is 37.2 Å². The van der Waals surface area contributed by atoms with Gasteiger partial charge in [0.1, 0.15) is 0 Å². The Kier molecular flexibility index (Phi) is 7.55. The van der Waals surface area contributed by atoms with Crippen LogP contribution in [0.1, 0.15) is 12.0 Å². The molecule has 1 fully saturated rings.